The number of nitrogens with one attached hydrogen (secondary N) is 2. The van der Waals surface area contributed by atoms with Crippen LogP contribution in [-0.2, 0) is 17.3 Å². The molecule has 2 atom stereocenters. The predicted octanol–water partition coefficient (Wildman–Crippen LogP) is 1.38. The summed E-state index contributed by atoms with van der Waals surface area (Å²) in [5.41, 5.74) is 1.47. The van der Waals surface area contributed by atoms with Gasteiger partial charge in [0.1, 0.15) is 0 Å². The van der Waals surface area contributed by atoms with Crippen LogP contribution in [0.4, 0.5) is 0 Å². The molecule has 0 amide bonds. The summed E-state index contributed by atoms with van der Waals surface area (Å²) in [5, 5.41) is 4.24. The third-order valence-electron chi connectivity index (χ3n) is 2.96. The molecule has 5 heteroatoms. The lowest BCUT2D eigenvalue weighted by Gasteiger charge is -2.12. The third-order valence-corrected chi connectivity index (χ3v) is 3.93. The molecule has 2 rings (SSSR count). The van der Waals surface area contributed by atoms with Crippen molar-refractivity contribution in [1.82, 2.24) is 10.3 Å². The van der Waals surface area contributed by atoms with Crippen molar-refractivity contribution >= 4 is 21.7 Å². The van der Waals surface area contributed by atoms with E-state index in [1.807, 2.05) is 37.3 Å². The first-order chi connectivity index (χ1) is 9.06. The van der Waals surface area contributed by atoms with Gasteiger partial charge in [0, 0.05) is 46.5 Å². The normalized spacial score (nSPS) is 14.4. The minimum atomic E-state index is -0.830. The monoisotopic (exact) mass is 278 g/mol. The number of aromatic amines is 1. The summed E-state index contributed by atoms with van der Waals surface area (Å²) in [6.45, 7) is 2.45. The Hall–Kier alpha value is -1.46. The van der Waals surface area contributed by atoms with E-state index < -0.39 is 10.8 Å². The maximum Gasteiger partial charge on any atom is 0.252 e. The molecular formula is C14H18N2O2S. The lowest BCUT2D eigenvalue weighted by atomic mass is 10.1. The Morgan fingerprint density at radius 1 is 1.37 bits per heavy atom. The molecule has 102 valence electrons. The van der Waals surface area contributed by atoms with E-state index in [1.54, 1.807) is 6.26 Å². The van der Waals surface area contributed by atoms with Crippen molar-refractivity contribution in [2.75, 3.05) is 12.0 Å². The Morgan fingerprint density at radius 2 is 2.11 bits per heavy atom. The highest BCUT2D eigenvalue weighted by atomic mass is 32.2. The molecular weight excluding hydrogens is 260 g/mol. The molecule has 2 aromatic rings. The van der Waals surface area contributed by atoms with Crippen molar-refractivity contribution in [1.29, 1.82) is 0 Å². The molecule has 1 aromatic carbocycles. The SMILES string of the molecule is CC(CS(C)=O)NCc1cc2ccccc2[nH]c1=O. The quantitative estimate of drug-likeness (QED) is 0.868. The zero-order valence-corrected chi connectivity index (χ0v) is 11.9. The Labute approximate surface area is 114 Å². The van der Waals surface area contributed by atoms with E-state index in [2.05, 4.69) is 10.3 Å². The van der Waals surface area contributed by atoms with Gasteiger partial charge in [-0.2, -0.15) is 0 Å². The van der Waals surface area contributed by atoms with Crippen molar-refractivity contribution in [3.8, 4) is 0 Å². The summed E-state index contributed by atoms with van der Waals surface area (Å²) < 4.78 is 11.1. The molecule has 0 radical (unpaired) electrons. The van der Waals surface area contributed by atoms with Gasteiger partial charge >= 0.3 is 0 Å². The fourth-order valence-electron chi connectivity index (χ4n) is 2.02. The topological polar surface area (TPSA) is 62.0 Å². The molecule has 0 saturated heterocycles. The van der Waals surface area contributed by atoms with Crippen molar-refractivity contribution in [2.45, 2.75) is 19.5 Å². The second kappa shape index (κ2) is 6.12. The van der Waals surface area contributed by atoms with Crippen molar-refractivity contribution in [3.63, 3.8) is 0 Å². The number of hydrogen-bond acceptors (Lipinski definition) is 3. The molecule has 1 heterocycles. The number of pyridine rings is 1. The molecule has 2 unspecified atom stereocenters. The standard InChI is InChI=1S/C14H18N2O2S/c1-10(9-19(2)18)15-8-12-7-11-5-3-4-6-13(11)16-14(12)17/h3-7,10,15H,8-9H2,1-2H3,(H,16,17). The van der Waals surface area contributed by atoms with Gasteiger partial charge in [-0.25, -0.2) is 0 Å². The van der Waals surface area contributed by atoms with Crippen molar-refractivity contribution in [3.05, 3.63) is 46.2 Å². The number of H-pyrrole nitrogens is 1. The van der Waals surface area contributed by atoms with Crippen LogP contribution in [0.5, 0.6) is 0 Å². The molecule has 1 aromatic heterocycles. The first-order valence-corrected chi connectivity index (χ1v) is 7.93. The van der Waals surface area contributed by atoms with Gasteiger partial charge < -0.3 is 10.3 Å². The third kappa shape index (κ3) is 3.75. The largest absolute Gasteiger partial charge is 0.322 e. The average molecular weight is 278 g/mol. The summed E-state index contributed by atoms with van der Waals surface area (Å²) in [4.78, 5) is 14.8. The molecule has 0 fully saturated rings. The highest BCUT2D eigenvalue weighted by Gasteiger charge is 2.06. The van der Waals surface area contributed by atoms with Crippen LogP contribution in [0.2, 0.25) is 0 Å². The van der Waals surface area contributed by atoms with Gasteiger partial charge in [0.25, 0.3) is 5.56 Å². The number of fused-ring (bicyclic) bond motifs is 1. The van der Waals surface area contributed by atoms with Crippen LogP contribution >= 0.6 is 0 Å². The minimum Gasteiger partial charge on any atom is -0.322 e. The first kappa shape index (κ1) is 14.0. The van der Waals surface area contributed by atoms with Gasteiger partial charge in [-0.15, -0.1) is 0 Å². The van der Waals surface area contributed by atoms with E-state index >= 15 is 0 Å². The van der Waals surface area contributed by atoms with Crippen molar-refractivity contribution < 1.29 is 4.21 Å². The van der Waals surface area contributed by atoms with Gasteiger partial charge in [0.05, 0.1) is 0 Å². The number of aromatic nitrogens is 1. The van der Waals surface area contributed by atoms with Crippen LogP contribution in [0, 0.1) is 0 Å². The summed E-state index contributed by atoms with van der Waals surface area (Å²) in [6.07, 6.45) is 1.68. The number of para-hydroxylation sites is 1. The lowest BCUT2D eigenvalue weighted by molar-refractivity contribution is 0.585. The van der Waals surface area contributed by atoms with Crippen LogP contribution in [-0.4, -0.2) is 27.2 Å². The second-order valence-corrected chi connectivity index (χ2v) is 6.21. The lowest BCUT2D eigenvalue weighted by Crippen LogP contribution is -2.32. The van der Waals surface area contributed by atoms with Crippen LogP contribution < -0.4 is 10.9 Å². The number of hydrogen-bond donors (Lipinski definition) is 2. The molecule has 0 bridgehead atoms. The maximum atomic E-state index is 11.9. The van der Waals surface area contributed by atoms with Crippen LogP contribution in [0.15, 0.2) is 35.1 Å². The molecule has 0 spiro atoms. The molecule has 4 nitrogen and oxygen atoms in total. The Kier molecular flexibility index (Phi) is 4.50. The maximum absolute atomic E-state index is 11.9. The molecule has 19 heavy (non-hydrogen) atoms. The Morgan fingerprint density at radius 3 is 2.84 bits per heavy atom. The Bertz CT molecular complexity index is 651. The average Bonchev–Trinajstić information content (AvgIpc) is 2.35. The highest BCUT2D eigenvalue weighted by Crippen LogP contribution is 2.09. The van der Waals surface area contributed by atoms with Gasteiger partial charge in [0.15, 0.2) is 0 Å². The van der Waals surface area contributed by atoms with Gasteiger partial charge in [-0.3, -0.25) is 9.00 Å². The van der Waals surface area contributed by atoms with Gasteiger partial charge in [-0.1, -0.05) is 18.2 Å². The van der Waals surface area contributed by atoms with E-state index in [9.17, 15) is 9.00 Å². The first-order valence-electron chi connectivity index (χ1n) is 6.20. The van der Waals surface area contributed by atoms with Gasteiger partial charge in [0.2, 0.25) is 0 Å². The summed E-state index contributed by atoms with van der Waals surface area (Å²) in [5.74, 6) is 0.589. The van der Waals surface area contributed by atoms with Crippen LogP contribution in [0.1, 0.15) is 12.5 Å². The zero-order valence-electron chi connectivity index (χ0n) is 11.1. The predicted molar refractivity (Wildman–Crippen MR) is 79.8 cm³/mol. The summed E-state index contributed by atoms with van der Waals surface area (Å²) >= 11 is 0. The molecule has 0 aliphatic heterocycles. The molecule has 0 aliphatic rings. The van der Waals surface area contributed by atoms with Crippen molar-refractivity contribution in [2.24, 2.45) is 0 Å². The zero-order chi connectivity index (χ0) is 13.8. The smallest absolute Gasteiger partial charge is 0.252 e. The molecule has 2 N–H and O–H groups in total. The van der Waals surface area contributed by atoms with E-state index in [-0.39, 0.29) is 11.6 Å². The fraction of sp³-hybridized carbons (Fsp3) is 0.357. The van der Waals surface area contributed by atoms with E-state index in [0.29, 0.717) is 17.9 Å². The van der Waals surface area contributed by atoms with Crippen LogP contribution in [0.3, 0.4) is 0 Å². The van der Waals surface area contributed by atoms with Crippen LogP contribution in [0.25, 0.3) is 10.9 Å². The highest BCUT2D eigenvalue weighted by molar-refractivity contribution is 7.84. The number of benzene rings is 1. The Balaban J connectivity index is 2.14. The van der Waals surface area contributed by atoms with E-state index in [1.165, 1.54) is 0 Å². The number of rotatable bonds is 5. The summed E-state index contributed by atoms with van der Waals surface area (Å²) in [7, 11) is -0.830. The summed E-state index contributed by atoms with van der Waals surface area (Å²) in [6, 6.07) is 9.72. The van der Waals surface area contributed by atoms with Gasteiger partial charge in [-0.05, 0) is 24.4 Å². The second-order valence-electron chi connectivity index (χ2n) is 4.73. The molecule has 0 aliphatic carbocycles. The molecule has 0 saturated carbocycles. The van der Waals surface area contributed by atoms with E-state index in [0.717, 1.165) is 10.9 Å². The van der Waals surface area contributed by atoms with E-state index in [4.69, 9.17) is 0 Å². The fourth-order valence-corrected chi connectivity index (χ4v) is 2.84. The minimum absolute atomic E-state index is 0.0731.